The summed E-state index contributed by atoms with van der Waals surface area (Å²) in [5.41, 5.74) is 6.71. The van der Waals surface area contributed by atoms with Crippen LogP contribution in [0.4, 0.5) is 0 Å². The number of ether oxygens (including phenoxy) is 1. The highest BCUT2D eigenvalue weighted by Crippen LogP contribution is 2.25. The van der Waals surface area contributed by atoms with Gasteiger partial charge in [-0.25, -0.2) is 0 Å². The van der Waals surface area contributed by atoms with Crippen LogP contribution in [0.1, 0.15) is 19.4 Å². The monoisotopic (exact) mass is 294 g/mol. The van der Waals surface area contributed by atoms with Crippen molar-refractivity contribution in [3.8, 4) is 11.5 Å². The number of phenolic OH excluding ortho intramolecular Hbond substituents is 2. The summed E-state index contributed by atoms with van der Waals surface area (Å²) in [7, 11) is 0. The summed E-state index contributed by atoms with van der Waals surface area (Å²) in [5.74, 6) is -0.514. The Morgan fingerprint density at radius 2 is 2.14 bits per heavy atom. The molecule has 1 aromatic carbocycles. The Labute approximate surface area is 124 Å². The first kappa shape index (κ1) is 15.6. The van der Waals surface area contributed by atoms with Gasteiger partial charge in [0, 0.05) is 6.54 Å². The number of aromatic hydroxyl groups is 2. The molecular weight excluding hydrogens is 272 g/mol. The van der Waals surface area contributed by atoms with E-state index in [0.717, 1.165) is 0 Å². The lowest BCUT2D eigenvalue weighted by Gasteiger charge is -2.38. The first-order valence-electron chi connectivity index (χ1n) is 7.07. The molecule has 1 fully saturated rings. The third-order valence-electron chi connectivity index (χ3n) is 3.70. The number of benzene rings is 1. The van der Waals surface area contributed by atoms with Crippen molar-refractivity contribution >= 4 is 5.91 Å². The van der Waals surface area contributed by atoms with E-state index < -0.39 is 6.04 Å². The SMILES string of the molecule is CC1CN(C(=O)[C@@H](N)Cc2ccc(O)c(O)c2)C(C)CO1. The van der Waals surface area contributed by atoms with Crippen LogP contribution in [0, 0.1) is 0 Å². The van der Waals surface area contributed by atoms with E-state index in [9.17, 15) is 15.0 Å². The number of rotatable bonds is 3. The summed E-state index contributed by atoms with van der Waals surface area (Å²) in [6, 6.07) is 3.79. The molecule has 4 N–H and O–H groups in total. The molecule has 1 heterocycles. The molecule has 1 aliphatic rings. The van der Waals surface area contributed by atoms with Crippen molar-refractivity contribution in [2.24, 2.45) is 5.73 Å². The molecule has 1 aromatic rings. The first-order chi connectivity index (χ1) is 9.88. The van der Waals surface area contributed by atoms with Crippen molar-refractivity contribution in [2.75, 3.05) is 13.2 Å². The van der Waals surface area contributed by atoms with E-state index in [1.54, 1.807) is 11.0 Å². The van der Waals surface area contributed by atoms with Crippen LogP contribution in [0.15, 0.2) is 18.2 Å². The van der Waals surface area contributed by atoms with E-state index in [2.05, 4.69) is 0 Å². The standard InChI is InChI=1S/C15H22N2O4/c1-9-8-21-10(2)7-17(9)15(20)12(16)5-11-3-4-13(18)14(19)6-11/h3-4,6,9-10,12,18-19H,5,7-8,16H2,1-2H3/t9?,10?,12-/m0/s1. The van der Waals surface area contributed by atoms with Gasteiger partial charge in [0.15, 0.2) is 11.5 Å². The van der Waals surface area contributed by atoms with Crippen LogP contribution in [0.5, 0.6) is 11.5 Å². The minimum absolute atomic E-state index is 0.00738. The molecule has 0 aliphatic carbocycles. The van der Waals surface area contributed by atoms with Gasteiger partial charge in [-0.3, -0.25) is 4.79 Å². The maximum atomic E-state index is 12.4. The van der Waals surface area contributed by atoms with Crippen molar-refractivity contribution in [2.45, 2.75) is 38.5 Å². The zero-order chi connectivity index (χ0) is 15.6. The number of amides is 1. The predicted octanol–water partition coefficient (Wildman–Crippen LogP) is 0.603. The van der Waals surface area contributed by atoms with Gasteiger partial charge in [0.2, 0.25) is 5.91 Å². The van der Waals surface area contributed by atoms with Gasteiger partial charge in [-0.2, -0.15) is 0 Å². The van der Waals surface area contributed by atoms with Crippen LogP contribution in [0.3, 0.4) is 0 Å². The van der Waals surface area contributed by atoms with Crippen molar-refractivity contribution in [3.63, 3.8) is 0 Å². The van der Waals surface area contributed by atoms with E-state index in [-0.39, 0.29) is 29.6 Å². The van der Waals surface area contributed by atoms with Gasteiger partial charge in [-0.1, -0.05) is 6.07 Å². The lowest BCUT2D eigenvalue weighted by molar-refractivity contribution is -0.144. The molecule has 1 amide bonds. The summed E-state index contributed by atoms with van der Waals surface area (Å²) < 4.78 is 5.50. The van der Waals surface area contributed by atoms with Crippen molar-refractivity contribution < 1.29 is 19.7 Å². The van der Waals surface area contributed by atoms with E-state index in [1.807, 2.05) is 13.8 Å². The third kappa shape index (κ3) is 3.65. The zero-order valence-corrected chi connectivity index (χ0v) is 12.3. The number of morpholine rings is 1. The number of hydrogen-bond acceptors (Lipinski definition) is 5. The highest BCUT2D eigenvalue weighted by Gasteiger charge is 2.30. The fourth-order valence-electron chi connectivity index (χ4n) is 2.46. The van der Waals surface area contributed by atoms with E-state index in [4.69, 9.17) is 10.5 Å². The Balaban J connectivity index is 2.03. The van der Waals surface area contributed by atoms with Crippen LogP contribution in [-0.4, -0.2) is 52.4 Å². The molecule has 3 atom stereocenters. The highest BCUT2D eigenvalue weighted by molar-refractivity contribution is 5.82. The van der Waals surface area contributed by atoms with Crippen molar-refractivity contribution in [1.82, 2.24) is 4.90 Å². The number of nitrogens with two attached hydrogens (primary N) is 1. The molecule has 0 aromatic heterocycles. The second kappa shape index (κ2) is 6.32. The number of nitrogens with zero attached hydrogens (tertiary/aromatic N) is 1. The highest BCUT2D eigenvalue weighted by atomic mass is 16.5. The molecule has 21 heavy (non-hydrogen) atoms. The minimum Gasteiger partial charge on any atom is -0.504 e. The Morgan fingerprint density at radius 3 is 2.81 bits per heavy atom. The van der Waals surface area contributed by atoms with Crippen LogP contribution in [0.2, 0.25) is 0 Å². The molecule has 6 heteroatoms. The van der Waals surface area contributed by atoms with Gasteiger partial charge < -0.3 is 25.6 Å². The number of carbonyl (C=O) groups excluding carboxylic acids is 1. The Morgan fingerprint density at radius 1 is 1.43 bits per heavy atom. The fraction of sp³-hybridized carbons (Fsp3) is 0.533. The summed E-state index contributed by atoms with van der Waals surface area (Å²) in [6.45, 7) is 4.91. The summed E-state index contributed by atoms with van der Waals surface area (Å²) in [4.78, 5) is 14.2. The number of hydrogen-bond donors (Lipinski definition) is 3. The molecule has 0 bridgehead atoms. The van der Waals surface area contributed by atoms with Crippen molar-refractivity contribution in [3.05, 3.63) is 23.8 Å². The largest absolute Gasteiger partial charge is 0.504 e. The Hall–Kier alpha value is -1.79. The van der Waals surface area contributed by atoms with Crippen LogP contribution in [0.25, 0.3) is 0 Å². The summed E-state index contributed by atoms with van der Waals surface area (Å²) >= 11 is 0. The summed E-state index contributed by atoms with van der Waals surface area (Å²) in [5, 5.41) is 18.8. The van der Waals surface area contributed by atoms with Gasteiger partial charge in [-0.15, -0.1) is 0 Å². The lowest BCUT2D eigenvalue weighted by Crippen LogP contribution is -2.55. The topological polar surface area (TPSA) is 96.0 Å². The van der Waals surface area contributed by atoms with Gasteiger partial charge >= 0.3 is 0 Å². The second-order valence-electron chi connectivity index (χ2n) is 5.62. The minimum atomic E-state index is -0.679. The molecular formula is C15H22N2O4. The van der Waals surface area contributed by atoms with Crippen LogP contribution in [-0.2, 0) is 16.0 Å². The normalized spacial score (nSPS) is 23.9. The second-order valence-corrected chi connectivity index (χ2v) is 5.62. The molecule has 6 nitrogen and oxygen atoms in total. The molecule has 2 unspecified atom stereocenters. The van der Waals surface area contributed by atoms with Gasteiger partial charge in [0.25, 0.3) is 0 Å². The Bertz CT molecular complexity index is 520. The van der Waals surface area contributed by atoms with Crippen LogP contribution < -0.4 is 5.73 Å². The fourth-order valence-corrected chi connectivity index (χ4v) is 2.46. The molecule has 0 saturated carbocycles. The first-order valence-corrected chi connectivity index (χ1v) is 7.07. The predicted molar refractivity (Wildman–Crippen MR) is 78.0 cm³/mol. The molecule has 1 aliphatic heterocycles. The zero-order valence-electron chi connectivity index (χ0n) is 12.3. The maximum absolute atomic E-state index is 12.4. The van der Waals surface area contributed by atoms with Gasteiger partial charge in [0.1, 0.15) is 0 Å². The van der Waals surface area contributed by atoms with Crippen molar-refractivity contribution in [1.29, 1.82) is 0 Å². The molecule has 2 rings (SSSR count). The smallest absolute Gasteiger partial charge is 0.240 e. The number of carbonyl (C=O) groups is 1. The Kier molecular flexibility index (Phi) is 4.69. The third-order valence-corrected chi connectivity index (χ3v) is 3.70. The van der Waals surface area contributed by atoms with Gasteiger partial charge in [0.05, 0.1) is 24.8 Å². The number of phenols is 2. The van der Waals surface area contributed by atoms with E-state index in [0.29, 0.717) is 25.1 Å². The van der Waals surface area contributed by atoms with E-state index in [1.165, 1.54) is 12.1 Å². The maximum Gasteiger partial charge on any atom is 0.240 e. The summed E-state index contributed by atoms with van der Waals surface area (Å²) in [6.07, 6.45) is 0.320. The van der Waals surface area contributed by atoms with Gasteiger partial charge in [-0.05, 0) is 38.0 Å². The lowest BCUT2D eigenvalue weighted by atomic mass is 10.0. The molecule has 0 spiro atoms. The average Bonchev–Trinajstić information content (AvgIpc) is 2.44. The van der Waals surface area contributed by atoms with Crippen LogP contribution >= 0.6 is 0 Å². The molecule has 0 radical (unpaired) electrons. The molecule has 116 valence electrons. The average molecular weight is 294 g/mol. The molecule has 1 saturated heterocycles. The van der Waals surface area contributed by atoms with E-state index >= 15 is 0 Å². The quantitative estimate of drug-likeness (QED) is 0.710.